The van der Waals surface area contributed by atoms with Gasteiger partial charge in [0.25, 0.3) is 0 Å². The van der Waals surface area contributed by atoms with Crippen LogP contribution in [0.1, 0.15) is 32.1 Å². The van der Waals surface area contributed by atoms with Crippen LogP contribution in [-0.2, 0) is 4.79 Å². The second kappa shape index (κ2) is 3.05. The summed E-state index contributed by atoms with van der Waals surface area (Å²) < 4.78 is 0. The average Bonchev–Trinajstić information content (AvgIpc) is 2.46. The number of hydrogen-bond donors (Lipinski definition) is 1. The van der Waals surface area contributed by atoms with E-state index < -0.39 is 12.0 Å². The van der Waals surface area contributed by atoms with Crippen LogP contribution < -0.4 is 5.32 Å². The molecule has 12 heavy (non-hydrogen) atoms. The van der Waals surface area contributed by atoms with E-state index in [4.69, 9.17) is 5.11 Å². The number of hydrogen-bond acceptors (Lipinski definition) is 1. The third-order valence-corrected chi connectivity index (χ3v) is 3.05. The van der Waals surface area contributed by atoms with Crippen LogP contribution in [0.3, 0.4) is 0 Å². The third kappa shape index (κ3) is 1.33. The maximum Gasteiger partial charge on any atom is 0.322 e. The summed E-state index contributed by atoms with van der Waals surface area (Å²) >= 11 is 0. The summed E-state index contributed by atoms with van der Waals surface area (Å²) in [7, 11) is 0. The maximum absolute atomic E-state index is 10.7. The minimum atomic E-state index is -0.732. The summed E-state index contributed by atoms with van der Waals surface area (Å²) in [6, 6.07) is -0.0158. The van der Waals surface area contributed by atoms with Gasteiger partial charge in [-0.05, 0) is 25.2 Å². The van der Waals surface area contributed by atoms with Gasteiger partial charge in [0.1, 0.15) is 6.04 Å². The lowest BCUT2D eigenvalue weighted by Gasteiger charge is -2.22. The lowest BCUT2D eigenvalue weighted by atomic mass is 9.85. The zero-order chi connectivity index (χ0) is 8.55. The summed E-state index contributed by atoms with van der Waals surface area (Å²) in [4.78, 5) is 10.7. The van der Waals surface area contributed by atoms with Crippen LogP contribution in [0.5, 0.6) is 0 Å². The first-order valence-corrected chi connectivity index (χ1v) is 4.70. The van der Waals surface area contributed by atoms with Crippen molar-refractivity contribution in [3.63, 3.8) is 0 Å². The van der Waals surface area contributed by atoms with E-state index in [0.717, 1.165) is 12.8 Å². The fraction of sp³-hybridized carbons (Fsp3) is 0.889. The van der Waals surface area contributed by atoms with Gasteiger partial charge in [-0.25, -0.2) is 5.32 Å². The molecule has 3 atom stereocenters. The van der Waals surface area contributed by atoms with Gasteiger partial charge in [-0.15, -0.1) is 0 Å². The molecule has 0 unspecified atom stereocenters. The van der Waals surface area contributed by atoms with Crippen molar-refractivity contribution in [2.75, 3.05) is 0 Å². The van der Waals surface area contributed by atoms with Gasteiger partial charge in [0, 0.05) is 6.04 Å². The highest BCUT2D eigenvalue weighted by molar-refractivity contribution is 5.73. The minimum absolute atomic E-state index is 0.375. The van der Waals surface area contributed by atoms with Crippen molar-refractivity contribution in [3.05, 3.63) is 0 Å². The Morgan fingerprint density at radius 1 is 1.33 bits per heavy atom. The molecule has 0 amide bonds. The van der Waals surface area contributed by atoms with Crippen molar-refractivity contribution in [2.24, 2.45) is 5.92 Å². The monoisotopic (exact) mass is 168 g/mol. The lowest BCUT2D eigenvalue weighted by molar-refractivity contribution is -0.139. The SMILES string of the molecule is O=C(O)[C@@H]1C[C@@H]2CCCC[C@@H]2[N]1. The standard InChI is InChI=1S/C9H14NO2/c11-9(12)8-5-6-3-1-2-4-7(6)10-8/h6-8H,1-5H2,(H,11,12)/t6-,7-,8-/m0/s1. The molecule has 3 heteroatoms. The molecule has 0 aromatic rings. The number of fused-ring (bicyclic) bond motifs is 1. The summed E-state index contributed by atoms with van der Waals surface area (Å²) in [6.07, 6.45) is 5.60. The molecule has 1 aliphatic carbocycles. The molecule has 1 heterocycles. The van der Waals surface area contributed by atoms with Crippen LogP contribution in [0.15, 0.2) is 0 Å². The Morgan fingerprint density at radius 2 is 2.08 bits per heavy atom. The van der Waals surface area contributed by atoms with E-state index >= 15 is 0 Å². The molecule has 1 radical (unpaired) electrons. The molecule has 67 valence electrons. The first-order chi connectivity index (χ1) is 5.77. The molecule has 1 N–H and O–H groups in total. The van der Waals surface area contributed by atoms with Gasteiger partial charge in [-0.1, -0.05) is 12.8 Å². The Hall–Kier alpha value is -0.570. The van der Waals surface area contributed by atoms with Gasteiger partial charge in [0.2, 0.25) is 0 Å². The molecular formula is C9H14NO2. The van der Waals surface area contributed by atoms with Crippen LogP contribution in [0.25, 0.3) is 0 Å². The van der Waals surface area contributed by atoms with Crippen LogP contribution >= 0.6 is 0 Å². The Labute approximate surface area is 72.2 Å². The second-order valence-electron chi connectivity index (χ2n) is 3.85. The lowest BCUT2D eigenvalue weighted by Crippen LogP contribution is -2.30. The molecule has 2 fully saturated rings. The fourth-order valence-electron chi connectivity index (χ4n) is 2.40. The van der Waals surface area contributed by atoms with Crippen molar-refractivity contribution in [3.8, 4) is 0 Å². The number of aliphatic carboxylic acids is 1. The van der Waals surface area contributed by atoms with Crippen molar-refractivity contribution in [1.29, 1.82) is 0 Å². The fourth-order valence-corrected chi connectivity index (χ4v) is 2.40. The van der Waals surface area contributed by atoms with E-state index in [1.807, 2.05) is 0 Å². The highest BCUT2D eigenvalue weighted by Crippen LogP contribution is 2.34. The van der Waals surface area contributed by atoms with Gasteiger partial charge in [-0.2, -0.15) is 0 Å². The summed E-state index contributed by atoms with van der Waals surface area (Å²) in [6.45, 7) is 0. The summed E-state index contributed by atoms with van der Waals surface area (Å²) in [5.41, 5.74) is 0. The van der Waals surface area contributed by atoms with Crippen LogP contribution in [-0.4, -0.2) is 23.2 Å². The normalized spacial score (nSPS) is 40.8. The molecule has 0 spiro atoms. The number of carboxylic acids is 1. The van der Waals surface area contributed by atoms with E-state index in [1.165, 1.54) is 19.3 Å². The quantitative estimate of drug-likeness (QED) is 0.635. The number of rotatable bonds is 1. The zero-order valence-corrected chi connectivity index (χ0v) is 7.07. The molecule has 2 aliphatic rings. The van der Waals surface area contributed by atoms with Crippen LogP contribution in [0.4, 0.5) is 0 Å². The molecule has 0 bridgehead atoms. The molecule has 3 nitrogen and oxygen atoms in total. The Bertz CT molecular complexity index is 179. The number of nitrogens with zero attached hydrogens (tertiary/aromatic N) is 1. The number of carbonyl (C=O) groups is 1. The van der Waals surface area contributed by atoms with Gasteiger partial charge >= 0.3 is 5.97 Å². The van der Waals surface area contributed by atoms with Crippen molar-refractivity contribution in [2.45, 2.75) is 44.2 Å². The van der Waals surface area contributed by atoms with E-state index in [9.17, 15) is 4.79 Å². The predicted molar refractivity (Wildman–Crippen MR) is 43.9 cm³/mol. The van der Waals surface area contributed by atoms with Gasteiger partial charge in [0.05, 0.1) is 0 Å². The minimum Gasteiger partial charge on any atom is -0.480 e. The van der Waals surface area contributed by atoms with E-state index in [0.29, 0.717) is 12.0 Å². The van der Waals surface area contributed by atoms with Crippen LogP contribution in [0.2, 0.25) is 0 Å². The van der Waals surface area contributed by atoms with Crippen LogP contribution in [0, 0.1) is 5.92 Å². The Kier molecular flexibility index (Phi) is 2.05. The van der Waals surface area contributed by atoms with Gasteiger partial charge in [0.15, 0.2) is 0 Å². The molecule has 1 aliphatic heterocycles. The topological polar surface area (TPSA) is 51.4 Å². The zero-order valence-electron chi connectivity index (χ0n) is 7.07. The first-order valence-electron chi connectivity index (χ1n) is 4.70. The van der Waals surface area contributed by atoms with Gasteiger partial charge < -0.3 is 5.11 Å². The molecule has 1 saturated carbocycles. The Balaban J connectivity index is 1.98. The molecule has 0 aromatic heterocycles. The van der Waals surface area contributed by atoms with Crippen molar-refractivity contribution < 1.29 is 9.90 Å². The molecular weight excluding hydrogens is 154 g/mol. The van der Waals surface area contributed by atoms with E-state index in [2.05, 4.69) is 5.32 Å². The highest BCUT2D eigenvalue weighted by atomic mass is 16.4. The van der Waals surface area contributed by atoms with Crippen molar-refractivity contribution >= 4 is 5.97 Å². The van der Waals surface area contributed by atoms with Crippen molar-refractivity contribution in [1.82, 2.24) is 5.32 Å². The number of carboxylic acid groups (broad SMARTS) is 1. The summed E-state index contributed by atoms with van der Waals surface area (Å²) in [5, 5.41) is 13.1. The average molecular weight is 168 g/mol. The molecule has 2 rings (SSSR count). The third-order valence-electron chi connectivity index (χ3n) is 3.05. The highest BCUT2D eigenvalue weighted by Gasteiger charge is 2.39. The maximum atomic E-state index is 10.7. The largest absolute Gasteiger partial charge is 0.480 e. The first kappa shape index (κ1) is 8.05. The summed E-state index contributed by atoms with van der Waals surface area (Å²) in [5.74, 6) is -0.149. The van der Waals surface area contributed by atoms with Gasteiger partial charge in [-0.3, -0.25) is 4.79 Å². The second-order valence-corrected chi connectivity index (χ2v) is 3.85. The smallest absolute Gasteiger partial charge is 0.322 e. The Morgan fingerprint density at radius 3 is 2.75 bits per heavy atom. The molecule has 0 aromatic carbocycles. The predicted octanol–water partition coefficient (Wildman–Crippen LogP) is 1.01. The van der Waals surface area contributed by atoms with E-state index in [1.54, 1.807) is 0 Å². The van der Waals surface area contributed by atoms with E-state index in [-0.39, 0.29) is 0 Å². The molecule has 1 saturated heterocycles.